The van der Waals surface area contributed by atoms with Gasteiger partial charge in [-0.15, -0.1) is 0 Å². The largest absolute Gasteiger partial charge is 0.508 e. The monoisotopic (exact) mass is 424 g/mol. The first kappa shape index (κ1) is 18.4. The first-order valence-corrected chi connectivity index (χ1v) is 13.1. The van der Waals surface area contributed by atoms with Crippen LogP contribution in [0.15, 0.2) is 12.2 Å². The number of carbonyl (C=O) groups is 1. The van der Waals surface area contributed by atoms with Crippen molar-refractivity contribution >= 4 is 6.16 Å². The zero-order valence-corrected chi connectivity index (χ0v) is 19.0. The van der Waals surface area contributed by atoms with Gasteiger partial charge in [0, 0.05) is 0 Å². The molecule has 8 aliphatic rings. The second-order valence-electron chi connectivity index (χ2n) is 13.5. The van der Waals surface area contributed by atoms with E-state index in [9.17, 15) is 4.79 Å². The van der Waals surface area contributed by atoms with Gasteiger partial charge in [-0.3, -0.25) is 0 Å². The van der Waals surface area contributed by atoms with Crippen molar-refractivity contribution in [1.82, 2.24) is 0 Å². The van der Waals surface area contributed by atoms with Crippen LogP contribution in [0, 0.1) is 76.9 Å². The highest BCUT2D eigenvalue weighted by atomic mass is 16.7. The minimum atomic E-state index is -0.500. The summed E-state index contributed by atoms with van der Waals surface area (Å²) in [6.45, 7) is 6.22. The molecule has 2 aliphatic heterocycles. The fourth-order valence-corrected chi connectivity index (χ4v) is 11.3. The topological polar surface area (TPSA) is 44.8 Å². The Morgan fingerprint density at radius 1 is 0.839 bits per heavy atom. The molecule has 7 fully saturated rings. The first-order chi connectivity index (χ1) is 14.9. The van der Waals surface area contributed by atoms with E-state index >= 15 is 0 Å². The van der Waals surface area contributed by atoms with Crippen molar-refractivity contribution in [3.8, 4) is 0 Å². The zero-order chi connectivity index (χ0) is 20.8. The highest BCUT2D eigenvalue weighted by molar-refractivity contribution is 5.60. The minimum Gasteiger partial charge on any atom is -0.434 e. The van der Waals surface area contributed by atoms with Gasteiger partial charge < -0.3 is 14.2 Å². The zero-order valence-electron chi connectivity index (χ0n) is 19.0. The third kappa shape index (κ3) is 2.20. The minimum absolute atomic E-state index is 0.487. The summed E-state index contributed by atoms with van der Waals surface area (Å²) >= 11 is 0. The lowest BCUT2D eigenvalue weighted by atomic mass is 9.54. The maximum Gasteiger partial charge on any atom is 0.508 e. The van der Waals surface area contributed by atoms with Gasteiger partial charge in [-0.25, -0.2) is 4.79 Å². The van der Waals surface area contributed by atoms with Gasteiger partial charge in [0.25, 0.3) is 0 Å². The number of ether oxygens (including phenoxy) is 3. The van der Waals surface area contributed by atoms with Crippen LogP contribution in [-0.4, -0.2) is 30.6 Å². The number of hydrogen-bond donors (Lipinski definition) is 0. The van der Waals surface area contributed by atoms with E-state index in [2.05, 4.69) is 12.2 Å². The molecule has 4 nitrogen and oxygen atoms in total. The fourth-order valence-electron chi connectivity index (χ4n) is 11.3. The summed E-state index contributed by atoms with van der Waals surface area (Å²) in [6, 6.07) is 0. The van der Waals surface area contributed by atoms with E-state index in [1.807, 2.05) is 20.8 Å². The van der Waals surface area contributed by atoms with Crippen LogP contribution in [0.25, 0.3) is 0 Å². The molecule has 6 aliphatic carbocycles. The quantitative estimate of drug-likeness (QED) is 0.358. The third-order valence-corrected chi connectivity index (χ3v) is 11.5. The van der Waals surface area contributed by atoms with E-state index in [1.165, 1.54) is 25.7 Å². The van der Waals surface area contributed by atoms with E-state index in [4.69, 9.17) is 14.2 Å². The summed E-state index contributed by atoms with van der Waals surface area (Å²) < 4.78 is 17.9. The molecule has 0 aromatic rings. The summed E-state index contributed by atoms with van der Waals surface area (Å²) in [5.74, 6) is 10.9. The van der Waals surface area contributed by atoms with Crippen molar-refractivity contribution < 1.29 is 19.0 Å². The number of fused-ring (bicyclic) bond motifs is 23. The molecule has 31 heavy (non-hydrogen) atoms. The van der Waals surface area contributed by atoms with Gasteiger partial charge in [0.05, 0.1) is 18.8 Å². The maximum absolute atomic E-state index is 12.1. The Morgan fingerprint density at radius 3 is 2.16 bits per heavy atom. The Labute approximate surface area is 185 Å². The Bertz CT molecular complexity index is 858. The predicted octanol–water partition coefficient (Wildman–Crippen LogP) is 4.93. The van der Waals surface area contributed by atoms with Crippen LogP contribution >= 0.6 is 0 Å². The van der Waals surface area contributed by atoms with Crippen molar-refractivity contribution in [2.24, 2.45) is 76.9 Å². The van der Waals surface area contributed by atoms with E-state index < -0.39 is 11.8 Å². The molecular formula is C27H36O4. The second-order valence-corrected chi connectivity index (χ2v) is 13.5. The van der Waals surface area contributed by atoms with Crippen LogP contribution in [0.5, 0.6) is 0 Å². The van der Waals surface area contributed by atoms with Crippen LogP contribution in [0.1, 0.15) is 46.5 Å². The van der Waals surface area contributed by atoms with Crippen molar-refractivity contribution in [2.75, 3.05) is 6.61 Å². The standard InChI is InChI=1S/C27H36O4/c1-27(2,3)31-26(28)29-10-14-7-13-8-15(14)21-20(13)24-22-16-9-17(23(22)25(21)30-24)19-12-5-4-11(6-12)18(16)19/h4-5,11-25H,6-10H2,1-3H3. The summed E-state index contributed by atoms with van der Waals surface area (Å²) in [5.41, 5.74) is -0.487. The van der Waals surface area contributed by atoms with Crippen LogP contribution in [0.2, 0.25) is 0 Å². The predicted molar refractivity (Wildman–Crippen MR) is 114 cm³/mol. The average molecular weight is 425 g/mol. The van der Waals surface area contributed by atoms with Gasteiger partial charge in [0.2, 0.25) is 0 Å². The lowest BCUT2D eigenvalue weighted by molar-refractivity contribution is -0.0291. The van der Waals surface area contributed by atoms with Crippen molar-refractivity contribution in [1.29, 1.82) is 0 Å². The Kier molecular flexibility index (Phi) is 3.39. The summed E-state index contributed by atoms with van der Waals surface area (Å²) in [4.78, 5) is 12.1. The first-order valence-electron chi connectivity index (χ1n) is 13.1. The molecule has 5 saturated carbocycles. The number of allylic oxidation sites excluding steroid dienone is 2. The van der Waals surface area contributed by atoms with Gasteiger partial charge in [-0.2, -0.15) is 0 Å². The smallest absolute Gasteiger partial charge is 0.434 e. The molecule has 2 saturated heterocycles. The number of hydrogen-bond acceptors (Lipinski definition) is 4. The molecule has 8 rings (SSSR count). The van der Waals surface area contributed by atoms with Crippen molar-refractivity contribution in [3.63, 3.8) is 0 Å². The van der Waals surface area contributed by atoms with Gasteiger partial charge in [0.1, 0.15) is 5.60 Å². The van der Waals surface area contributed by atoms with E-state index in [0.717, 1.165) is 65.1 Å². The number of carbonyl (C=O) groups excluding carboxylic acids is 1. The molecule has 0 spiro atoms. The molecule has 4 heteroatoms. The molecule has 15 atom stereocenters. The maximum atomic E-state index is 12.1. The van der Waals surface area contributed by atoms with Crippen molar-refractivity contribution in [2.45, 2.75) is 64.3 Å². The molecule has 0 amide bonds. The van der Waals surface area contributed by atoms with Crippen molar-refractivity contribution in [3.05, 3.63) is 12.2 Å². The SMILES string of the molecule is CC(C)(C)OC(=O)OCC1CC2CC1C1C3OC(C21)C1C2CC(C4C5C=CC(C5)C24)C31. The van der Waals surface area contributed by atoms with Crippen LogP contribution in [0.3, 0.4) is 0 Å². The van der Waals surface area contributed by atoms with Crippen LogP contribution in [-0.2, 0) is 14.2 Å². The molecule has 0 radical (unpaired) electrons. The highest BCUT2D eigenvalue weighted by Gasteiger charge is 2.77. The summed E-state index contributed by atoms with van der Waals surface area (Å²) in [6.07, 6.45) is 11.3. The molecule has 168 valence electrons. The van der Waals surface area contributed by atoms with Crippen LogP contribution in [0.4, 0.5) is 4.79 Å². The molecule has 0 N–H and O–H groups in total. The Balaban J connectivity index is 1.01. The van der Waals surface area contributed by atoms with Gasteiger partial charge in [0.15, 0.2) is 0 Å². The van der Waals surface area contributed by atoms with E-state index in [-0.39, 0.29) is 0 Å². The average Bonchev–Trinajstić information content (AvgIpc) is 3.50. The highest BCUT2D eigenvalue weighted by Crippen LogP contribution is 2.77. The molecule has 15 unspecified atom stereocenters. The number of rotatable bonds is 2. The van der Waals surface area contributed by atoms with Gasteiger partial charge in [-0.1, -0.05) is 12.2 Å². The molecule has 0 aromatic carbocycles. The second kappa shape index (κ2) is 5.72. The molecular weight excluding hydrogens is 388 g/mol. The van der Waals surface area contributed by atoms with Gasteiger partial charge >= 0.3 is 6.16 Å². The molecule has 0 aromatic heterocycles. The van der Waals surface area contributed by atoms with Crippen LogP contribution < -0.4 is 0 Å². The lowest BCUT2D eigenvalue weighted by Gasteiger charge is -2.48. The van der Waals surface area contributed by atoms with Gasteiger partial charge in [-0.05, 0) is 123 Å². The Morgan fingerprint density at radius 2 is 1.48 bits per heavy atom. The summed E-state index contributed by atoms with van der Waals surface area (Å²) in [5, 5.41) is 0. The third-order valence-electron chi connectivity index (χ3n) is 11.5. The van der Waals surface area contributed by atoms with E-state index in [1.54, 1.807) is 0 Å². The molecule has 2 heterocycles. The van der Waals surface area contributed by atoms with E-state index in [0.29, 0.717) is 30.7 Å². The fraction of sp³-hybridized carbons (Fsp3) is 0.889. The Hall–Kier alpha value is -1.03. The lowest BCUT2D eigenvalue weighted by Crippen LogP contribution is -2.50. The summed E-state index contributed by atoms with van der Waals surface area (Å²) in [7, 11) is 0. The normalized spacial score (nSPS) is 60.5. The molecule has 8 bridgehead atoms.